The van der Waals surface area contributed by atoms with Crippen molar-refractivity contribution in [3.63, 3.8) is 0 Å². The van der Waals surface area contributed by atoms with E-state index >= 15 is 0 Å². The Morgan fingerprint density at radius 1 is 1.27 bits per heavy atom. The highest BCUT2D eigenvalue weighted by Gasteiger charge is 2.34. The van der Waals surface area contributed by atoms with Crippen molar-refractivity contribution in [2.45, 2.75) is 20.3 Å². The van der Waals surface area contributed by atoms with Gasteiger partial charge in [-0.25, -0.2) is 14.8 Å². The number of anilines is 1. The van der Waals surface area contributed by atoms with Gasteiger partial charge in [-0.05, 0) is 25.5 Å². The number of carboxylic acid groups (broad SMARTS) is 1. The van der Waals surface area contributed by atoms with Crippen molar-refractivity contribution in [2.75, 3.05) is 18.0 Å². The van der Waals surface area contributed by atoms with Crippen LogP contribution in [-0.4, -0.2) is 49.6 Å². The second-order valence-corrected chi connectivity index (χ2v) is 8.90. The SMILES string of the molecule is Cc1cc(CC(=O)C2CN(c3cc(C)c4c(=O)c(C(=O)O)cn(-c5nccs5)c4n3)C2)no1. The Morgan fingerprint density at radius 3 is 2.70 bits per heavy atom. The fourth-order valence-corrected chi connectivity index (χ4v) is 4.58. The van der Waals surface area contributed by atoms with Gasteiger partial charge in [-0.2, -0.15) is 0 Å². The fourth-order valence-electron chi connectivity index (χ4n) is 3.97. The minimum absolute atomic E-state index is 0.0860. The minimum Gasteiger partial charge on any atom is -0.477 e. The summed E-state index contributed by atoms with van der Waals surface area (Å²) in [7, 11) is 0. The number of aromatic nitrogens is 4. The number of carbonyl (C=O) groups excluding carboxylic acids is 1. The van der Waals surface area contributed by atoms with Crippen molar-refractivity contribution < 1.29 is 19.2 Å². The average Bonchev–Trinajstić information content (AvgIpc) is 3.38. The lowest BCUT2D eigenvalue weighted by atomic mass is 9.92. The molecule has 1 N–H and O–H groups in total. The molecule has 1 fully saturated rings. The van der Waals surface area contributed by atoms with Crippen LogP contribution in [0.4, 0.5) is 5.82 Å². The molecule has 10 nitrogen and oxygen atoms in total. The summed E-state index contributed by atoms with van der Waals surface area (Å²) in [6.45, 7) is 4.54. The molecule has 0 atom stereocenters. The van der Waals surface area contributed by atoms with E-state index in [1.807, 2.05) is 4.90 Å². The number of ketones is 1. The monoisotopic (exact) mass is 465 g/mol. The number of aromatic carboxylic acids is 1. The Labute approximate surface area is 191 Å². The van der Waals surface area contributed by atoms with Crippen LogP contribution in [0.25, 0.3) is 16.2 Å². The van der Waals surface area contributed by atoms with Gasteiger partial charge in [0.15, 0.2) is 10.8 Å². The highest BCUT2D eigenvalue weighted by molar-refractivity contribution is 7.12. The zero-order valence-corrected chi connectivity index (χ0v) is 18.6. The Hall–Kier alpha value is -3.86. The van der Waals surface area contributed by atoms with Crippen molar-refractivity contribution in [2.24, 2.45) is 5.92 Å². The molecule has 0 aliphatic carbocycles. The summed E-state index contributed by atoms with van der Waals surface area (Å²) in [5, 5.41) is 15.9. The maximum atomic E-state index is 12.9. The zero-order valence-electron chi connectivity index (χ0n) is 17.8. The molecule has 0 unspecified atom stereocenters. The first-order valence-electron chi connectivity index (χ1n) is 10.2. The van der Waals surface area contributed by atoms with Crippen LogP contribution >= 0.6 is 11.3 Å². The van der Waals surface area contributed by atoms with E-state index in [2.05, 4.69) is 15.1 Å². The van der Waals surface area contributed by atoms with E-state index in [1.54, 1.807) is 37.6 Å². The van der Waals surface area contributed by atoms with E-state index in [9.17, 15) is 19.5 Å². The van der Waals surface area contributed by atoms with Gasteiger partial charge in [-0.3, -0.25) is 14.2 Å². The molecule has 0 radical (unpaired) electrons. The Kier molecular flexibility index (Phi) is 5.05. The minimum atomic E-state index is -1.30. The van der Waals surface area contributed by atoms with Crippen LogP contribution < -0.4 is 10.3 Å². The quantitative estimate of drug-likeness (QED) is 0.456. The molecule has 1 aliphatic rings. The van der Waals surface area contributed by atoms with Gasteiger partial charge in [-0.15, -0.1) is 11.3 Å². The standard InChI is InChI=1S/C22H19N5O5S/c1-11-5-17(26-8-13(9-26)16(28)7-14-6-12(2)32-25-14)24-20-18(11)19(29)15(21(30)31)10-27(20)22-23-3-4-33-22/h3-6,10,13H,7-9H2,1-2H3,(H,30,31). The van der Waals surface area contributed by atoms with Crippen molar-refractivity contribution in [3.8, 4) is 5.13 Å². The van der Waals surface area contributed by atoms with E-state index in [1.165, 1.54) is 22.1 Å². The average molecular weight is 465 g/mol. The number of fused-ring (bicyclic) bond motifs is 1. The van der Waals surface area contributed by atoms with E-state index < -0.39 is 11.4 Å². The maximum absolute atomic E-state index is 12.9. The van der Waals surface area contributed by atoms with E-state index in [4.69, 9.17) is 4.52 Å². The second kappa shape index (κ2) is 7.93. The largest absolute Gasteiger partial charge is 0.477 e. The molecule has 4 aromatic rings. The molecule has 1 aliphatic heterocycles. The zero-order chi connectivity index (χ0) is 23.3. The Balaban J connectivity index is 1.48. The first-order valence-corrected chi connectivity index (χ1v) is 11.1. The summed E-state index contributed by atoms with van der Waals surface area (Å²) < 4.78 is 6.56. The summed E-state index contributed by atoms with van der Waals surface area (Å²) >= 11 is 1.31. The summed E-state index contributed by atoms with van der Waals surface area (Å²) in [6, 6.07) is 3.51. The summed E-state index contributed by atoms with van der Waals surface area (Å²) in [4.78, 5) is 48.0. The predicted molar refractivity (Wildman–Crippen MR) is 120 cm³/mol. The number of rotatable bonds is 6. The molecule has 4 aromatic heterocycles. The number of pyridine rings is 2. The third kappa shape index (κ3) is 3.69. The maximum Gasteiger partial charge on any atom is 0.341 e. The molecule has 1 saturated heterocycles. The molecular weight excluding hydrogens is 446 g/mol. The first-order chi connectivity index (χ1) is 15.8. The van der Waals surface area contributed by atoms with Crippen LogP contribution in [-0.2, 0) is 11.2 Å². The molecule has 0 saturated carbocycles. The molecule has 0 amide bonds. The lowest BCUT2D eigenvalue weighted by Crippen LogP contribution is -2.51. The molecule has 11 heteroatoms. The number of aryl methyl sites for hydroxylation is 2. The van der Waals surface area contributed by atoms with Crippen molar-refractivity contribution in [3.05, 3.63) is 62.7 Å². The van der Waals surface area contributed by atoms with Gasteiger partial charge in [0.1, 0.15) is 22.9 Å². The molecule has 0 spiro atoms. The summed E-state index contributed by atoms with van der Waals surface area (Å²) in [5.74, 6) is -0.0735. The van der Waals surface area contributed by atoms with Gasteiger partial charge < -0.3 is 14.5 Å². The first kappa shape index (κ1) is 21.0. The Bertz CT molecular complexity index is 1450. The summed E-state index contributed by atoms with van der Waals surface area (Å²) in [6.07, 6.45) is 3.09. The van der Waals surface area contributed by atoms with Crippen LogP contribution in [0.15, 0.2) is 39.2 Å². The van der Waals surface area contributed by atoms with Gasteiger partial charge in [0.05, 0.1) is 23.4 Å². The number of nitrogens with zero attached hydrogens (tertiary/aromatic N) is 5. The van der Waals surface area contributed by atoms with Crippen molar-refractivity contribution >= 4 is 39.9 Å². The topological polar surface area (TPSA) is 131 Å². The number of hydrogen-bond acceptors (Lipinski definition) is 9. The van der Waals surface area contributed by atoms with Gasteiger partial charge in [0, 0.05) is 36.9 Å². The highest BCUT2D eigenvalue weighted by atomic mass is 32.1. The van der Waals surface area contributed by atoms with Crippen LogP contribution in [0.5, 0.6) is 0 Å². The second-order valence-electron chi connectivity index (χ2n) is 8.03. The fraction of sp³-hybridized carbons (Fsp3) is 0.273. The number of hydrogen-bond donors (Lipinski definition) is 1. The predicted octanol–water partition coefficient (Wildman–Crippen LogP) is 2.39. The molecule has 0 aromatic carbocycles. The van der Waals surface area contributed by atoms with E-state index in [0.717, 1.165) is 0 Å². The number of Topliss-reactive ketones (excluding diaryl/α,β-unsaturated/α-hetero) is 1. The van der Waals surface area contributed by atoms with E-state index in [-0.39, 0.29) is 29.1 Å². The van der Waals surface area contributed by atoms with Gasteiger partial charge in [0.25, 0.3) is 0 Å². The highest BCUT2D eigenvalue weighted by Crippen LogP contribution is 2.29. The molecule has 33 heavy (non-hydrogen) atoms. The third-order valence-electron chi connectivity index (χ3n) is 5.69. The lowest BCUT2D eigenvalue weighted by molar-refractivity contribution is -0.123. The number of thiazole rings is 1. The molecular formula is C22H19N5O5S. The molecule has 5 rings (SSSR count). The normalized spacial score (nSPS) is 13.9. The molecule has 5 heterocycles. The van der Waals surface area contributed by atoms with Crippen LogP contribution in [0.3, 0.4) is 0 Å². The van der Waals surface area contributed by atoms with Crippen LogP contribution in [0.1, 0.15) is 27.4 Å². The Morgan fingerprint density at radius 2 is 2.06 bits per heavy atom. The molecule has 168 valence electrons. The van der Waals surface area contributed by atoms with Gasteiger partial charge >= 0.3 is 5.97 Å². The van der Waals surface area contributed by atoms with Crippen LogP contribution in [0, 0.1) is 19.8 Å². The van der Waals surface area contributed by atoms with Crippen molar-refractivity contribution in [1.29, 1.82) is 0 Å². The third-order valence-corrected chi connectivity index (χ3v) is 6.46. The smallest absolute Gasteiger partial charge is 0.341 e. The van der Waals surface area contributed by atoms with Gasteiger partial charge in [-0.1, -0.05) is 5.16 Å². The van der Waals surface area contributed by atoms with Gasteiger partial charge in [0.2, 0.25) is 5.43 Å². The van der Waals surface area contributed by atoms with E-state index in [0.29, 0.717) is 46.7 Å². The number of carboxylic acids is 1. The summed E-state index contributed by atoms with van der Waals surface area (Å²) in [5.41, 5.74) is 0.649. The van der Waals surface area contributed by atoms with Crippen LogP contribution in [0.2, 0.25) is 0 Å². The molecule has 0 bridgehead atoms. The number of carbonyl (C=O) groups is 2. The lowest BCUT2D eigenvalue weighted by Gasteiger charge is -2.39. The van der Waals surface area contributed by atoms with Crippen molar-refractivity contribution in [1.82, 2.24) is 19.7 Å².